The highest BCUT2D eigenvalue weighted by atomic mass is 16.5. The molecular weight excluding hydrogens is 472 g/mol. The maximum absolute atomic E-state index is 13.7. The van der Waals surface area contributed by atoms with Crippen molar-refractivity contribution >= 4 is 18.0 Å². The Morgan fingerprint density at radius 2 is 1.89 bits per heavy atom. The van der Waals surface area contributed by atoms with E-state index in [1.54, 1.807) is 6.92 Å². The van der Waals surface area contributed by atoms with E-state index >= 15 is 0 Å². The third kappa shape index (κ3) is 9.15. The molecule has 1 saturated carbocycles. The maximum Gasteiger partial charge on any atom is 0.436 e. The summed E-state index contributed by atoms with van der Waals surface area (Å²) in [6, 6.07) is 1.75. The number of rotatable bonds is 7. The molecule has 208 valence electrons. The van der Waals surface area contributed by atoms with Crippen molar-refractivity contribution in [2.24, 2.45) is 16.3 Å². The fraction of sp³-hybridized carbons (Fsp3) is 0.852. The number of guanidine groups is 1. The molecule has 2 aliphatic heterocycles. The van der Waals surface area contributed by atoms with Gasteiger partial charge in [0.1, 0.15) is 11.6 Å². The van der Waals surface area contributed by atoms with Gasteiger partial charge in [-0.05, 0) is 43.9 Å². The summed E-state index contributed by atoms with van der Waals surface area (Å²) in [4.78, 5) is 34.4. The average molecular weight is 519 g/mol. The lowest BCUT2D eigenvalue weighted by atomic mass is 9.87. The van der Waals surface area contributed by atoms with E-state index in [2.05, 4.69) is 47.4 Å². The molecule has 2 atom stereocenters. The highest BCUT2D eigenvalue weighted by molar-refractivity contribution is 5.94. The van der Waals surface area contributed by atoms with Gasteiger partial charge in [0.15, 0.2) is 0 Å². The summed E-state index contributed by atoms with van der Waals surface area (Å²) in [6.45, 7) is 12.6. The molecule has 37 heavy (non-hydrogen) atoms. The van der Waals surface area contributed by atoms with Crippen molar-refractivity contribution in [3.8, 4) is 6.07 Å². The number of carbonyl (C=O) groups is 2. The quantitative estimate of drug-likeness (QED) is 0.390. The number of aliphatic imine (C=N–C) groups is 1. The van der Waals surface area contributed by atoms with Crippen LogP contribution in [-0.2, 0) is 14.3 Å². The van der Waals surface area contributed by atoms with Gasteiger partial charge in [-0.1, -0.05) is 40.0 Å². The van der Waals surface area contributed by atoms with Crippen molar-refractivity contribution in [1.82, 2.24) is 20.4 Å². The molecule has 10 nitrogen and oxygen atoms in total. The zero-order chi connectivity index (χ0) is 26.9. The number of ether oxygens (including phenoxy) is 2. The van der Waals surface area contributed by atoms with Crippen LogP contribution in [0, 0.1) is 22.7 Å². The predicted octanol–water partition coefficient (Wildman–Crippen LogP) is 2.89. The first kappa shape index (κ1) is 29.2. The highest BCUT2D eigenvalue weighted by Gasteiger charge is 2.42. The van der Waals surface area contributed by atoms with Crippen molar-refractivity contribution < 1.29 is 19.1 Å². The largest absolute Gasteiger partial charge is 0.448 e. The second-order valence-corrected chi connectivity index (χ2v) is 11.9. The smallest absolute Gasteiger partial charge is 0.436 e. The first-order valence-corrected chi connectivity index (χ1v) is 13.9. The van der Waals surface area contributed by atoms with Crippen LogP contribution in [0.4, 0.5) is 4.79 Å². The van der Waals surface area contributed by atoms with Crippen molar-refractivity contribution in [2.75, 3.05) is 52.5 Å². The van der Waals surface area contributed by atoms with E-state index in [0.29, 0.717) is 57.6 Å². The minimum absolute atomic E-state index is 0.183. The maximum atomic E-state index is 13.7. The number of nitrogens with one attached hydrogen (secondary N) is 2. The summed E-state index contributed by atoms with van der Waals surface area (Å²) >= 11 is 0. The number of nitrogens with zero attached hydrogens (tertiary/aromatic N) is 4. The number of morpholine rings is 1. The molecule has 3 fully saturated rings. The molecular formula is C27H46N6O4. The number of carbonyl (C=O) groups excluding carboxylic acids is 2. The van der Waals surface area contributed by atoms with E-state index in [0.717, 1.165) is 13.1 Å². The number of likely N-dealkylation sites (tertiary alicyclic amines) is 1. The second kappa shape index (κ2) is 13.4. The predicted molar refractivity (Wildman–Crippen MR) is 142 cm³/mol. The van der Waals surface area contributed by atoms with Crippen LogP contribution in [0.5, 0.6) is 0 Å². The van der Waals surface area contributed by atoms with Gasteiger partial charge in [-0.3, -0.25) is 9.69 Å². The van der Waals surface area contributed by atoms with Gasteiger partial charge in [0.25, 0.3) is 0 Å². The lowest BCUT2D eigenvalue weighted by Crippen LogP contribution is -2.59. The van der Waals surface area contributed by atoms with E-state index in [-0.39, 0.29) is 17.9 Å². The summed E-state index contributed by atoms with van der Waals surface area (Å²) in [6.07, 6.45) is 6.82. The summed E-state index contributed by atoms with van der Waals surface area (Å²) in [5.74, 6) is 0.743. The first-order valence-electron chi connectivity index (χ1n) is 13.9. The van der Waals surface area contributed by atoms with Crippen LogP contribution < -0.4 is 10.6 Å². The SMILES string of the molecule is CCOC(=O)/N=C(\NC(CC(C)(C)C)C(=O)NC1(C#N)CCN(CC2CCCCC2)C1)N1CCOCC1. The molecule has 3 rings (SSSR count). The Kier molecular flexibility index (Phi) is 10.6. The van der Waals surface area contributed by atoms with E-state index in [1.807, 2.05) is 4.90 Å². The lowest BCUT2D eigenvalue weighted by molar-refractivity contribution is -0.124. The van der Waals surface area contributed by atoms with Gasteiger partial charge in [-0.25, -0.2) is 4.79 Å². The Bertz CT molecular complexity index is 839. The molecule has 1 aliphatic carbocycles. The van der Waals surface area contributed by atoms with Crippen molar-refractivity contribution in [1.29, 1.82) is 5.26 Å². The van der Waals surface area contributed by atoms with Crippen LogP contribution in [0.2, 0.25) is 0 Å². The fourth-order valence-electron chi connectivity index (χ4n) is 5.51. The Labute approximate surface area is 222 Å². The number of amides is 2. The zero-order valence-corrected chi connectivity index (χ0v) is 23.2. The summed E-state index contributed by atoms with van der Waals surface area (Å²) in [7, 11) is 0. The Balaban J connectivity index is 1.73. The molecule has 0 aromatic carbocycles. The third-order valence-corrected chi connectivity index (χ3v) is 7.38. The minimum Gasteiger partial charge on any atom is -0.448 e. The van der Waals surface area contributed by atoms with Crippen LogP contribution in [0.1, 0.15) is 72.6 Å². The highest BCUT2D eigenvalue weighted by Crippen LogP contribution is 2.29. The third-order valence-electron chi connectivity index (χ3n) is 7.38. The lowest BCUT2D eigenvalue weighted by Gasteiger charge is -2.35. The molecule has 2 amide bonds. The Morgan fingerprint density at radius 1 is 1.19 bits per heavy atom. The summed E-state index contributed by atoms with van der Waals surface area (Å²) < 4.78 is 10.5. The molecule has 3 aliphatic rings. The van der Waals surface area contributed by atoms with Gasteiger partial charge in [-0.15, -0.1) is 4.99 Å². The van der Waals surface area contributed by atoms with E-state index in [1.165, 1.54) is 32.1 Å². The van der Waals surface area contributed by atoms with Crippen LogP contribution in [0.3, 0.4) is 0 Å². The van der Waals surface area contributed by atoms with Crippen LogP contribution in [-0.4, -0.2) is 91.9 Å². The number of hydrogen-bond donors (Lipinski definition) is 2. The molecule has 2 saturated heterocycles. The molecule has 2 N–H and O–H groups in total. The Hall–Kier alpha value is -2.38. The van der Waals surface area contributed by atoms with Gasteiger partial charge < -0.3 is 25.0 Å². The van der Waals surface area contributed by atoms with Crippen molar-refractivity contribution in [3.05, 3.63) is 0 Å². The molecule has 0 aromatic heterocycles. The monoisotopic (exact) mass is 518 g/mol. The van der Waals surface area contributed by atoms with E-state index in [9.17, 15) is 14.9 Å². The molecule has 10 heteroatoms. The summed E-state index contributed by atoms with van der Waals surface area (Å²) in [5.41, 5.74) is -1.10. The van der Waals surface area contributed by atoms with Crippen molar-refractivity contribution in [2.45, 2.75) is 84.2 Å². The second-order valence-electron chi connectivity index (χ2n) is 11.9. The van der Waals surface area contributed by atoms with Gasteiger partial charge in [0.2, 0.25) is 11.9 Å². The molecule has 2 unspecified atom stereocenters. The molecule has 0 radical (unpaired) electrons. The van der Waals surface area contributed by atoms with Crippen LogP contribution in [0.15, 0.2) is 4.99 Å². The topological polar surface area (TPSA) is 119 Å². The van der Waals surface area contributed by atoms with Crippen molar-refractivity contribution in [3.63, 3.8) is 0 Å². The van der Waals surface area contributed by atoms with Gasteiger partial charge in [0.05, 0.1) is 25.9 Å². The molecule has 0 aromatic rings. The van der Waals surface area contributed by atoms with Gasteiger partial charge in [0, 0.05) is 32.7 Å². The average Bonchev–Trinajstić information content (AvgIpc) is 3.26. The van der Waals surface area contributed by atoms with Crippen LogP contribution >= 0.6 is 0 Å². The molecule has 0 spiro atoms. The normalized spacial score (nSPS) is 24.8. The van der Waals surface area contributed by atoms with Crippen LogP contribution in [0.25, 0.3) is 0 Å². The fourth-order valence-corrected chi connectivity index (χ4v) is 5.51. The van der Waals surface area contributed by atoms with E-state index < -0.39 is 17.7 Å². The minimum atomic E-state index is -0.916. The van der Waals surface area contributed by atoms with Gasteiger partial charge in [-0.2, -0.15) is 5.26 Å². The summed E-state index contributed by atoms with van der Waals surface area (Å²) in [5, 5.41) is 16.5. The molecule has 0 bridgehead atoms. The Morgan fingerprint density at radius 3 is 2.51 bits per heavy atom. The number of nitriles is 1. The number of hydrogen-bond acceptors (Lipinski definition) is 6. The van der Waals surface area contributed by atoms with Gasteiger partial charge >= 0.3 is 6.09 Å². The first-order chi connectivity index (χ1) is 17.6. The standard InChI is InChI=1S/C27H46N6O4/c1-5-37-25(35)30-24(33-13-15-36-16-14-33)29-22(17-26(2,3)4)23(34)31-27(19-28)11-12-32(20-27)18-21-9-7-6-8-10-21/h21-22H,5-18,20H2,1-4H3,(H,31,34)(H,29,30,35). The van der Waals surface area contributed by atoms with E-state index in [4.69, 9.17) is 9.47 Å². The molecule has 2 heterocycles. The zero-order valence-electron chi connectivity index (χ0n) is 23.2.